The number of rotatable bonds is 2. The first-order valence-corrected chi connectivity index (χ1v) is 2.12. The van der Waals surface area contributed by atoms with Gasteiger partial charge in [-0.05, 0) is 0 Å². The van der Waals surface area contributed by atoms with E-state index in [2.05, 4.69) is 0 Å². The van der Waals surface area contributed by atoms with Gasteiger partial charge in [0, 0.05) is 17.4 Å². The summed E-state index contributed by atoms with van der Waals surface area (Å²) in [6.07, 6.45) is 0. The average Bonchev–Trinajstić information content (AvgIpc) is 1.35. The molecule has 0 saturated heterocycles. The molecule has 0 rings (SSSR count). The summed E-state index contributed by atoms with van der Waals surface area (Å²) in [7, 11) is 3.86. The van der Waals surface area contributed by atoms with E-state index in [9.17, 15) is 4.39 Å². The SMILES string of the molecule is C[NH+](C)CCF.[Cl-].[Cr]. The average molecular weight is 180 g/mol. The van der Waals surface area contributed by atoms with Gasteiger partial charge in [0.15, 0.2) is 0 Å². The zero-order chi connectivity index (χ0) is 4.99. The quantitative estimate of drug-likeness (QED) is 0.442. The Balaban J connectivity index is -0.000000125. The van der Waals surface area contributed by atoms with Crippen molar-refractivity contribution in [3.8, 4) is 0 Å². The van der Waals surface area contributed by atoms with Crippen LogP contribution in [0.4, 0.5) is 4.39 Å². The third-order valence-corrected chi connectivity index (χ3v) is 0.594. The Morgan fingerprint density at radius 2 is 1.75 bits per heavy atom. The van der Waals surface area contributed by atoms with Crippen molar-refractivity contribution in [2.75, 3.05) is 27.3 Å². The van der Waals surface area contributed by atoms with Crippen LogP contribution in [-0.2, 0) is 17.4 Å². The molecule has 1 nitrogen and oxygen atoms in total. The molecular formula is C4H11ClCrFN. The van der Waals surface area contributed by atoms with Gasteiger partial charge < -0.3 is 17.3 Å². The molecule has 0 heterocycles. The topological polar surface area (TPSA) is 4.44 Å². The molecule has 0 unspecified atom stereocenters. The van der Waals surface area contributed by atoms with E-state index in [1.165, 1.54) is 0 Å². The number of quaternary nitrogens is 1. The first-order valence-electron chi connectivity index (χ1n) is 2.12. The van der Waals surface area contributed by atoms with E-state index in [4.69, 9.17) is 0 Å². The fourth-order valence-corrected chi connectivity index (χ4v) is 0.189. The minimum atomic E-state index is -0.206. The van der Waals surface area contributed by atoms with Crippen molar-refractivity contribution in [2.24, 2.45) is 0 Å². The van der Waals surface area contributed by atoms with Crippen LogP contribution in [0.25, 0.3) is 0 Å². The van der Waals surface area contributed by atoms with Crippen molar-refractivity contribution >= 4 is 0 Å². The summed E-state index contributed by atoms with van der Waals surface area (Å²) < 4.78 is 11.2. The Labute approximate surface area is 66.8 Å². The predicted octanol–water partition coefficient (Wildman–Crippen LogP) is -3.90. The first-order chi connectivity index (χ1) is 2.77. The van der Waals surface area contributed by atoms with Gasteiger partial charge in [0.1, 0.15) is 13.2 Å². The van der Waals surface area contributed by atoms with Crippen molar-refractivity contribution < 1.29 is 39.1 Å². The summed E-state index contributed by atoms with van der Waals surface area (Å²) in [5.74, 6) is 0. The van der Waals surface area contributed by atoms with Gasteiger partial charge in [-0.25, -0.2) is 4.39 Å². The zero-order valence-corrected chi connectivity index (χ0v) is 7.11. The summed E-state index contributed by atoms with van der Waals surface area (Å²) in [6.45, 7) is 0.419. The normalized spacial score (nSPS) is 7.50. The molecule has 4 heteroatoms. The van der Waals surface area contributed by atoms with E-state index in [1.54, 1.807) is 0 Å². The van der Waals surface area contributed by atoms with Crippen LogP contribution in [-0.4, -0.2) is 27.3 Å². The van der Waals surface area contributed by atoms with E-state index in [1.807, 2.05) is 14.1 Å². The first kappa shape index (κ1) is 15.9. The van der Waals surface area contributed by atoms with Crippen LogP contribution in [0.15, 0.2) is 0 Å². The standard InChI is InChI=1S/C4H10FN.ClH.Cr/c1-6(2)4-3-5;;/h3-4H2,1-2H3;1H;. The van der Waals surface area contributed by atoms with Gasteiger partial charge in [0.2, 0.25) is 0 Å². The van der Waals surface area contributed by atoms with Gasteiger partial charge in [-0.15, -0.1) is 0 Å². The summed E-state index contributed by atoms with van der Waals surface area (Å²) in [4.78, 5) is 1.16. The molecule has 8 heavy (non-hydrogen) atoms. The van der Waals surface area contributed by atoms with Crippen LogP contribution in [0.3, 0.4) is 0 Å². The van der Waals surface area contributed by atoms with Crippen molar-refractivity contribution in [3.63, 3.8) is 0 Å². The zero-order valence-electron chi connectivity index (χ0n) is 5.08. The third kappa shape index (κ3) is 15.9. The molecular weight excluding hydrogens is 168 g/mol. The molecule has 0 aromatic carbocycles. The molecule has 0 aromatic heterocycles. The Morgan fingerprint density at radius 3 is 1.75 bits per heavy atom. The maximum Gasteiger partial charge on any atom is 0.138 e. The number of nitrogens with one attached hydrogen (secondary N) is 1. The molecule has 0 aliphatic carbocycles. The van der Waals surface area contributed by atoms with Crippen LogP contribution in [0, 0.1) is 0 Å². The second-order valence-electron chi connectivity index (χ2n) is 1.65. The minimum Gasteiger partial charge on any atom is -1.00 e. The molecule has 0 saturated carbocycles. The predicted molar refractivity (Wildman–Crippen MR) is 23.7 cm³/mol. The fraction of sp³-hybridized carbons (Fsp3) is 1.00. The second-order valence-corrected chi connectivity index (χ2v) is 1.65. The molecule has 52 valence electrons. The van der Waals surface area contributed by atoms with Gasteiger partial charge in [-0.1, -0.05) is 0 Å². The molecule has 0 aliphatic heterocycles. The number of hydrogen-bond acceptors (Lipinski definition) is 0. The van der Waals surface area contributed by atoms with Gasteiger partial charge in [-0.3, -0.25) is 0 Å². The van der Waals surface area contributed by atoms with E-state index in [0.717, 1.165) is 4.90 Å². The molecule has 0 atom stereocenters. The molecule has 0 amide bonds. The Hall–Kier alpha value is 0.712. The maximum absolute atomic E-state index is 11.2. The van der Waals surface area contributed by atoms with Crippen molar-refractivity contribution in [3.05, 3.63) is 0 Å². The maximum atomic E-state index is 11.2. The van der Waals surface area contributed by atoms with Crippen LogP contribution in [0.1, 0.15) is 0 Å². The van der Waals surface area contributed by atoms with Gasteiger partial charge in [-0.2, -0.15) is 0 Å². The largest absolute Gasteiger partial charge is 1.00 e. The minimum absolute atomic E-state index is 0. The van der Waals surface area contributed by atoms with Crippen LogP contribution >= 0.6 is 0 Å². The Morgan fingerprint density at radius 1 is 1.38 bits per heavy atom. The van der Waals surface area contributed by atoms with Gasteiger partial charge in [0.25, 0.3) is 0 Å². The van der Waals surface area contributed by atoms with Crippen molar-refractivity contribution in [2.45, 2.75) is 0 Å². The van der Waals surface area contributed by atoms with Gasteiger partial charge >= 0.3 is 0 Å². The molecule has 0 bridgehead atoms. The molecule has 0 fully saturated rings. The summed E-state index contributed by atoms with van der Waals surface area (Å²) in [5, 5.41) is 0. The van der Waals surface area contributed by atoms with E-state index in [-0.39, 0.29) is 36.4 Å². The van der Waals surface area contributed by atoms with Crippen LogP contribution < -0.4 is 17.3 Å². The summed E-state index contributed by atoms with van der Waals surface area (Å²) in [5.41, 5.74) is 0. The smallest absolute Gasteiger partial charge is 0.138 e. The number of halogens is 2. The Kier molecular flexibility index (Phi) is 21.1. The van der Waals surface area contributed by atoms with E-state index >= 15 is 0 Å². The molecule has 0 aliphatic rings. The van der Waals surface area contributed by atoms with Crippen LogP contribution in [0.2, 0.25) is 0 Å². The van der Waals surface area contributed by atoms with E-state index in [0.29, 0.717) is 6.54 Å². The molecule has 0 aromatic rings. The summed E-state index contributed by atoms with van der Waals surface area (Å²) in [6, 6.07) is 0. The third-order valence-electron chi connectivity index (χ3n) is 0.594. The number of alkyl halides is 1. The van der Waals surface area contributed by atoms with Crippen molar-refractivity contribution in [1.29, 1.82) is 0 Å². The van der Waals surface area contributed by atoms with Crippen molar-refractivity contribution in [1.82, 2.24) is 0 Å². The Bertz CT molecular complexity index is 37.2. The monoisotopic (exact) mass is 179 g/mol. The van der Waals surface area contributed by atoms with Crippen LogP contribution in [0.5, 0.6) is 0 Å². The number of hydrogen-bond donors (Lipinski definition) is 1. The van der Waals surface area contributed by atoms with Gasteiger partial charge in [0.05, 0.1) is 14.1 Å². The second kappa shape index (κ2) is 10.6. The molecule has 0 radical (unpaired) electrons. The summed E-state index contributed by atoms with van der Waals surface area (Å²) >= 11 is 0. The van der Waals surface area contributed by atoms with E-state index < -0.39 is 0 Å². The molecule has 0 spiro atoms. The molecule has 1 N–H and O–H groups in total. The fourth-order valence-electron chi connectivity index (χ4n) is 0.189.